The maximum Gasteiger partial charge on any atom is 0.187 e. The molecule has 0 amide bonds. The molecule has 0 saturated carbocycles. The second kappa shape index (κ2) is 8.70. The molecule has 0 fully saturated rings. The van der Waals surface area contributed by atoms with Crippen LogP contribution in [0.2, 0.25) is 0 Å². The molecule has 0 aliphatic heterocycles. The Labute approximate surface area is 147 Å². The van der Waals surface area contributed by atoms with E-state index in [1.165, 1.54) is 6.07 Å². The summed E-state index contributed by atoms with van der Waals surface area (Å²) in [7, 11) is 0. The highest BCUT2D eigenvalue weighted by atomic mass is 19.2. The number of aliphatic hydroxyl groups is 1. The summed E-state index contributed by atoms with van der Waals surface area (Å²) in [4.78, 5) is 5.43. The van der Waals surface area contributed by atoms with Gasteiger partial charge in [0.2, 0.25) is 0 Å². The summed E-state index contributed by atoms with van der Waals surface area (Å²) in [6.07, 6.45) is -0.120. The summed E-state index contributed by atoms with van der Waals surface area (Å²) in [6.45, 7) is 12.1. The van der Waals surface area contributed by atoms with Gasteiger partial charge in [-0.15, -0.1) is 0 Å². The highest BCUT2D eigenvalue weighted by Gasteiger charge is 2.15. The van der Waals surface area contributed by atoms with E-state index in [2.05, 4.69) is 9.74 Å². The fourth-order valence-electron chi connectivity index (χ4n) is 2.62. The van der Waals surface area contributed by atoms with E-state index >= 15 is 0 Å². The topological polar surface area (TPSA) is 27.8 Å². The molecule has 132 valence electrons. The third-order valence-corrected chi connectivity index (χ3v) is 4.20. The lowest BCUT2D eigenvalue weighted by Gasteiger charge is -2.27. The number of hydrogen-bond acceptors (Lipinski definition) is 2. The van der Waals surface area contributed by atoms with E-state index in [-0.39, 0.29) is 6.04 Å². The average Bonchev–Trinajstić information content (AvgIpc) is 2.61. The molecule has 0 radical (unpaired) electrons. The van der Waals surface area contributed by atoms with Crippen LogP contribution < -0.4 is 0 Å². The molecule has 0 heterocycles. The van der Waals surface area contributed by atoms with Crippen LogP contribution in [0.25, 0.3) is 4.85 Å². The fraction of sp³-hybridized carbons (Fsp3) is 0.350. The first-order valence-corrected chi connectivity index (χ1v) is 8.24. The molecule has 2 aromatic carbocycles. The molecule has 0 bridgehead atoms. The molecule has 0 aliphatic rings. The predicted molar refractivity (Wildman–Crippen MR) is 94.2 cm³/mol. The molecule has 2 aromatic rings. The van der Waals surface area contributed by atoms with E-state index < -0.39 is 17.7 Å². The maximum absolute atomic E-state index is 13.4. The van der Waals surface area contributed by atoms with E-state index in [0.717, 1.165) is 11.6 Å². The summed E-state index contributed by atoms with van der Waals surface area (Å²) in [5.41, 5.74) is 2.01. The largest absolute Gasteiger partial charge is 0.388 e. The zero-order valence-electron chi connectivity index (χ0n) is 14.4. The molecule has 5 heteroatoms. The smallest absolute Gasteiger partial charge is 0.187 e. The zero-order chi connectivity index (χ0) is 18.4. The van der Waals surface area contributed by atoms with E-state index in [4.69, 9.17) is 6.57 Å². The standard InChI is InChI=1S/C20H22F2N2O/c1-14(2)24(13-15-4-9-18(21)19(22)12-15)11-10-20(25)16-5-7-17(23-3)8-6-16/h4-9,12,14,20,25H,10-11,13H2,1-2H3. The number of halogens is 2. The number of hydrogen-bond donors (Lipinski definition) is 1. The van der Waals surface area contributed by atoms with Gasteiger partial charge in [0, 0.05) is 19.1 Å². The Bertz CT molecular complexity index is 738. The molecule has 1 unspecified atom stereocenters. The monoisotopic (exact) mass is 344 g/mol. The molecular formula is C20H22F2N2O. The molecule has 3 nitrogen and oxygen atoms in total. The Hall–Kier alpha value is -2.29. The van der Waals surface area contributed by atoms with Crippen LogP contribution in [0.5, 0.6) is 0 Å². The minimum Gasteiger partial charge on any atom is -0.388 e. The van der Waals surface area contributed by atoms with Gasteiger partial charge in [-0.05, 0) is 43.5 Å². The first-order chi connectivity index (χ1) is 11.9. The Kier molecular flexibility index (Phi) is 6.63. The van der Waals surface area contributed by atoms with Gasteiger partial charge in [-0.1, -0.05) is 30.3 Å². The first kappa shape index (κ1) is 19.0. The van der Waals surface area contributed by atoms with Gasteiger partial charge in [0.25, 0.3) is 0 Å². The Morgan fingerprint density at radius 2 is 1.76 bits per heavy atom. The van der Waals surface area contributed by atoms with Crippen molar-refractivity contribution in [2.75, 3.05) is 6.54 Å². The number of benzene rings is 2. The minimum atomic E-state index is -0.849. The van der Waals surface area contributed by atoms with Gasteiger partial charge in [-0.2, -0.15) is 0 Å². The van der Waals surface area contributed by atoms with Crippen molar-refractivity contribution in [2.24, 2.45) is 0 Å². The molecular weight excluding hydrogens is 322 g/mol. The predicted octanol–water partition coefficient (Wildman–Crippen LogP) is 4.85. The summed E-state index contributed by atoms with van der Waals surface area (Å²) >= 11 is 0. The van der Waals surface area contributed by atoms with Crippen LogP contribution in [0.4, 0.5) is 14.5 Å². The molecule has 0 saturated heterocycles. The number of nitrogens with zero attached hydrogens (tertiary/aromatic N) is 2. The van der Waals surface area contributed by atoms with E-state index in [1.54, 1.807) is 30.3 Å². The van der Waals surface area contributed by atoms with E-state index in [9.17, 15) is 13.9 Å². The van der Waals surface area contributed by atoms with Crippen molar-refractivity contribution in [3.05, 3.63) is 76.6 Å². The van der Waals surface area contributed by atoms with Crippen molar-refractivity contribution in [1.82, 2.24) is 4.90 Å². The molecule has 25 heavy (non-hydrogen) atoms. The van der Waals surface area contributed by atoms with Crippen LogP contribution >= 0.6 is 0 Å². The SMILES string of the molecule is [C-]#[N+]c1ccc(C(O)CCN(Cc2ccc(F)c(F)c2)C(C)C)cc1. The lowest BCUT2D eigenvalue weighted by atomic mass is 10.1. The molecule has 0 aromatic heterocycles. The third-order valence-electron chi connectivity index (χ3n) is 4.20. The van der Waals surface area contributed by atoms with E-state index in [0.29, 0.717) is 30.8 Å². The molecule has 1 N–H and O–H groups in total. The second-order valence-corrected chi connectivity index (χ2v) is 6.32. The van der Waals surface area contributed by atoms with Crippen molar-refractivity contribution in [2.45, 2.75) is 39.0 Å². The molecule has 2 rings (SSSR count). The Balaban J connectivity index is 1.98. The van der Waals surface area contributed by atoms with Gasteiger partial charge in [-0.25, -0.2) is 13.6 Å². The summed E-state index contributed by atoms with van der Waals surface area (Å²) in [5.74, 6) is -1.70. The highest BCUT2D eigenvalue weighted by molar-refractivity contribution is 5.45. The molecule has 0 aliphatic carbocycles. The van der Waals surface area contributed by atoms with Crippen molar-refractivity contribution in [3.8, 4) is 0 Å². The maximum atomic E-state index is 13.4. The van der Waals surface area contributed by atoms with Gasteiger partial charge in [0.1, 0.15) is 0 Å². The van der Waals surface area contributed by atoms with Crippen molar-refractivity contribution in [1.29, 1.82) is 0 Å². The lowest BCUT2D eigenvalue weighted by molar-refractivity contribution is 0.127. The van der Waals surface area contributed by atoms with Crippen LogP contribution in [-0.2, 0) is 6.54 Å². The first-order valence-electron chi connectivity index (χ1n) is 8.24. The van der Waals surface area contributed by atoms with E-state index in [1.807, 2.05) is 13.8 Å². The summed E-state index contributed by atoms with van der Waals surface area (Å²) in [5, 5.41) is 10.3. The summed E-state index contributed by atoms with van der Waals surface area (Å²) < 4.78 is 26.4. The van der Waals surface area contributed by atoms with Gasteiger partial charge >= 0.3 is 0 Å². The van der Waals surface area contributed by atoms with Crippen LogP contribution in [0.3, 0.4) is 0 Å². The Morgan fingerprint density at radius 3 is 2.32 bits per heavy atom. The lowest BCUT2D eigenvalue weighted by Crippen LogP contribution is -2.32. The van der Waals surface area contributed by atoms with Crippen LogP contribution in [-0.4, -0.2) is 22.6 Å². The minimum absolute atomic E-state index is 0.199. The third kappa shape index (κ3) is 5.35. The van der Waals surface area contributed by atoms with Gasteiger partial charge < -0.3 is 5.11 Å². The number of rotatable bonds is 7. The fourth-order valence-corrected chi connectivity index (χ4v) is 2.62. The zero-order valence-corrected chi connectivity index (χ0v) is 14.4. The second-order valence-electron chi connectivity index (χ2n) is 6.32. The van der Waals surface area contributed by atoms with Gasteiger partial charge in [0.05, 0.1) is 12.7 Å². The average molecular weight is 344 g/mol. The van der Waals surface area contributed by atoms with Crippen molar-refractivity contribution in [3.63, 3.8) is 0 Å². The van der Waals surface area contributed by atoms with Crippen LogP contribution in [0.1, 0.15) is 37.5 Å². The highest BCUT2D eigenvalue weighted by Crippen LogP contribution is 2.22. The number of aliphatic hydroxyl groups excluding tert-OH is 1. The van der Waals surface area contributed by atoms with Crippen LogP contribution in [0.15, 0.2) is 42.5 Å². The van der Waals surface area contributed by atoms with Crippen LogP contribution in [0, 0.1) is 18.2 Å². The molecule has 1 atom stereocenters. The van der Waals surface area contributed by atoms with Gasteiger partial charge in [-0.3, -0.25) is 4.90 Å². The molecule has 0 spiro atoms. The normalized spacial score (nSPS) is 12.4. The summed E-state index contributed by atoms with van der Waals surface area (Å²) in [6, 6.07) is 11.0. The quantitative estimate of drug-likeness (QED) is 0.727. The van der Waals surface area contributed by atoms with Gasteiger partial charge in [0.15, 0.2) is 17.3 Å². The van der Waals surface area contributed by atoms with Crippen molar-refractivity contribution < 1.29 is 13.9 Å². The Morgan fingerprint density at radius 1 is 1.08 bits per heavy atom. The van der Waals surface area contributed by atoms with Crippen molar-refractivity contribution >= 4 is 5.69 Å².